The Morgan fingerprint density at radius 3 is 2.55 bits per heavy atom. The summed E-state index contributed by atoms with van der Waals surface area (Å²) in [5.41, 5.74) is 0.194. The molecule has 0 aromatic heterocycles. The number of hydrogen-bond acceptors (Lipinski definition) is 4. The minimum Gasteiger partial charge on any atom is -0.459 e. The molecule has 5 heteroatoms. The molecular formula is C24H29NO4. The van der Waals surface area contributed by atoms with Crippen LogP contribution in [-0.4, -0.2) is 35.1 Å². The van der Waals surface area contributed by atoms with Crippen LogP contribution in [-0.2, 0) is 25.7 Å². The average Bonchev–Trinajstić information content (AvgIpc) is 2.76. The van der Waals surface area contributed by atoms with Crippen molar-refractivity contribution in [3.05, 3.63) is 48.0 Å². The Bertz CT molecular complexity index is 913. The number of Topliss-reactive ketones (excluding diaryl/α,β-unsaturated/α-hetero) is 1. The molecule has 1 amide bonds. The van der Waals surface area contributed by atoms with Gasteiger partial charge in [0.2, 0.25) is 5.78 Å². The van der Waals surface area contributed by atoms with Gasteiger partial charge in [-0.1, -0.05) is 63.2 Å². The molecule has 1 atom stereocenters. The van der Waals surface area contributed by atoms with Gasteiger partial charge in [-0.2, -0.15) is 0 Å². The van der Waals surface area contributed by atoms with Gasteiger partial charge in [-0.25, -0.2) is 4.79 Å². The lowest BCUT2D eigenvalue weighted by molar-refractivity contribution is -0.161. The van der Waals surface area contributed by atoms with E-state index in [-0.39, 0.29) is 6.61 Å². The summed E-state index contributed by atoms with van der Waals surface area (Å²) in [6.07, 6.45) is 2.73. The molecule has 1 aliphatic heterocycles. The summed E-state index contributed by atoms with van der Waals surface area (Å²) >= 11 is 0. The predicted octanol–water partition coefficient (Wildman–Crippen LogP) is 4.27. The van der Waals surface area contributed by atoms with Gasteiger partial charge in [0.1, 0.15) is 12.6 Å². The van der Waals surface area contributed by atoms with E-state index in [1.807, 2.05) is 49.4 Å². The minimum atomic E-state index is -0.730. The van der Waals surface area contributed by atoms with Crippen molar-refractivity contribution in [2.75, 3.05) is 6.54 Å². The first-order chi connectivity index (χ1) is 13.8. The summed E-state index contributed by atoms with van der Waals surface area (Å²) < 4.78 is 5.60. The van der Waals surface area contributed by atoms with Crippen molar-refractivity contribution in [2.45, 2.75) is 59.1 Å². The van der Waals surface area contributed by atoms with Gasteiger partial charge in [-0.15, -0.1) is 0 Å². The monoisotopic (exact) mass is 395 g/mol. The number of carbonyl (C=O) groups excluding carboxylic acids is 3. The number of ketones is 1. The largest absolute Gasteiger partial charge is 0.459 e. The van der Waals surface area contributed by atoms with Crippen LogP contribution in [0.3, 0.4) is 0 Å². The first-order valence-corrected chi connectivity index (χ1v) is 10.3. The fraction of sp³-hybridized carbons (Fsp3) is 0.458. The maximum absolute atomic E-state index is 12.8. The molecular weight excluding hydrogens is 366 g/mol. The predicted molar refractivity (Wildman–Crippen MR) is 112 cm³/mol. The number of benzene rings is 2. The Balaban J connectivity index is 1.72. The van der Waals surface area contributed by atoms with E-state index < -0.39 is 29.1 Å². The topological polar surface area (TPSA) is 63.7 Å². The zero-order chi connectivity index (χ0) is 21.0. The van der Waals surface area contributed by atoms with Crippen LogP contribution in [0.15, 0.2) is 42.5 Å². The number of likely N-dealkylation sites (tertiary alicyclic amines) is 1. The zero-order valence-corrected chi connectivity index (χ0v) is 17.4. The van der Waals surface area contributed by atoms with Crippen LogP contribution in [0.1, 0.15) is 52.0 Å². The van der Waals surface area contributed by atoms with E-state index in [1.54, 1.807) is 13.8 Å². The second-order valence-electron chi connectivity index (χ2n) is 8.32. The van der Waals surface area contributed by atoms with E-state index in [0.717, 1.165) is 29.2 Å². The maximum Gasteiger partial charge on any atom is 0.329 e. The normalized spacial score (nSPS) is 17.2. The first kappa shape index (κ1) is 21.0. The standard InChI is InChI=1S/C24H29NO4/c1-4-24(2,3)21(26)22(27)25-15-8-7-14-20(25)23(28)29-16-18-12-9-11-17-10-5-6-13-19(17)18/h5-6,9-13,20H,4,7-8,14-16H2,1-3H3. The van der Waals surface area contributed by atoms with Crippen LogP contribution >= 0.6 is 0 Å². The molecule has 0 radical (unpaired) electrons. The van der Waals surface area contributed by atoms with E-state index in [9.17, 15) is 14.4 Å². The summed E-state index contributed by atoms with van der Waals surface area (Å²) in [5, 5.41) is 2.13. The molecule has 2 aromatic carbocycles. The number of ether oxygens (including phenoxy) is 1. The lowest BCUT2D eigenvalue weighted by atomic mass is 9.84. The summed E-state index contributed by atoms with van der Waals surface area (Å²) in [6, 6.07) is 13.1. The molecule has 0 bridgehead atoms. The average molecular weight is 395 g/mol. The van der Waals surface area contributed by atoms with Gasteiger partial charge in [0.25, 0.3) is 5.91 Å². The number of rotatable bonds is 6. The van der Waals surface area contributed by atoms with E-state index in [0.29, 0.717) is 19.4 Å². The van der Waals surface area contributed by atoms with Crippen molar-refractivity contribution in [3.63, 3.8) is 0 Å². The molecule has 29 heavy (non-hydrogen) atoms. The van der Waals surface area contributed by atoms with E-state index in [4.69, 9.17) is 4.74 Å². The van der Waals surface area contributed by atoms with Gasteiger partial charge in [0.15, 0.2) is 0 Å². The quantitative estimate of drug-likeness (QED) is 0.541. The third kappa shape index (κ3) is 4.50. The molecule has 154 valence electrons. The van der Waals surface area contributed by atoms with Crippen LogP contribution in [0, 0.1) is 5.41 Å². The van der Waals surface area contributed by atoms with Gasteiger partial charge >= 0.3 is 5.97 Å². The van der Waals surface area contributed by atoms with Gasteiger partial charge < -0.3 is 9.64 Å². The molecule has 2 aromatic rings. The molecule has 0 N–H and O–H groups in total. The number of amides is 1. The Hall–Kier alpha value is -2.69. The van der Waals surface area contributed by atoms with Crippen molar-refractivity contribution in [2.24, 2.45) is 5.41 Å². The van der Waals surface area contributed by atoms with Crippen molar-refractivity contribution in [1.29, 1.82) is 0 Å². The van der Waals surface area contributed by atoms with Gasteiger partial charge in [0, 0.05) is 12.0 Å². The second kappa shape index (κ2) is 8.76. The van der Waals surface area contributed by atoms with Crippen LogP contribution in [0.2, 0.25) is 0 Å². The molecule has 1 saturated heterocycles. The summed E-state index contributed by atoms with van der Waals surface area (Å²) in [5.74, 6) is -1.44. The van der Waals surface area contributed by atoms with Crippen molar-refractivity contribution in [3.8, 4) is 0 Å². The van der Waals surface area contributed by atoms with Crippen molar-refractivity contribution in [1.82, 2.24) is 4.90 Å². The minimum absolute atomic E-state index is 0.146. The number of fused-ring (bicyclic) bond motifs is 1. The molecule has 1 unspecified atom stereocenters. The molecule has 1 aliphatic rings. The van der Waals surface area contributed by atoms with Crippen molar-refractivity contribution < 1.29 is 19.1 Å². The third-order valence-corrected chi connectivity index (χ3v) is 5.98. The molecule has 0 spiro atoms. The van der Waals surface area contributed by atoms with Gasteiger partial charge in [0.05, 0.1) is 0 Å². The molecule has 0 aliphatic carbocycles. The van der Waals surface area contributed by atoms with Crippen LogP contribution in [0.5, 0.6) is 0 Å². The van der Waals surface area contributed by atoms with E-state index in [2.05, 4.69) is 0 Å². The highest BCUT2D eigenvalue weighted by Crippen LogP contribution is 2.26. The maximum atomic E-state index is 12.8. The molecule has 5 nitrogen and oxygen atoms in total. The lowest BCUT2D eigenvalue weighted by Crippen LogP contribution is -2.53. The SMILES string of the molecule is CCC(C)(C)C(=O)C(=O)N1CCCCC1C(=O)OCc1cccc2ccccc12. The van der Waals surface area contributed by atoms with E-state index in [1.165, 1.54) is 4.90 Å². The molecule has 3 rings (SSSR count). The molecule has 0 saturated carbocycles. The summed E-state index contributed by atoms with van der Waals surface area (Å²) in [6.45, 7) is 5.98. The van der Waals surface area contributed by atoms with Crippen LogP contribution < -0.4 is 0 Å². The number of piperidine rings is 1. The van der Waals surface area contributed by atoms with Gasteiger partial charge in [-0.3, -0.25) is 9.59 Å². The zero-order valence-electron chi connectivity index (χ0n) is 17.4. The Morgan fingerprint density at radius 1 is 1.07 bits per heavy atom. The highest BCUT2D eigenvalue weighted by atomic mass is 16.5. The Kier molecular flexibility index (Phi) is 6.36. The lowest BCUT2D eigenvalue weighted by Gasteiger charge is -2.35. The van der Waals surface area contributed by atoms with Gasteiger partial charge in [-0.05, 0) is 42.0 Å². The van der Waals surface area contributed by atoms with Crippen LogP contribution in [0.4, 0.5) is 0 Å². The smallest absolute Gasteiger partial charge is 0.329 e. The number of nitrogens with zero attached hydrogens (tertiary/aromatic N) is 1. The first-order valence-electron chi connectivity index (χ1n) is 10.3. The fourth-order valence-electron chi connectivity index (χ4n) is 3.66. The highest BCUT2D eigenvalue weighted by Gasteiger charge is 2.40. The number of carbonyl (C=O) groups is 3. The Morgan fingerprint density at radius 2 is 1.79 bits per heavy atom. The second-order valence-corrected chi connectivity index (χ2v) is 8.32. The summed E-state index contributed by atoms with van der Waals surface area (Å²) in [7, 11) is 0. The fourth-order valence-corrected chi connectivity index (χ4v) is 3.66. The van der Waals surface area contributed by atoms with E-state index >= 15 is 0 Å². The summed E-state index contributed by atoms with van der Waals surface area (Å²) in [4.78, 5) is 39.7. The number of esters is 1. The third-order valence-electron chi connectivity index (χ3n) is 5.98. The highest BCUT2D eigenvalue weighted by molar-refractivity contribution is 6.38. The number of hydrogen-bond donors (Lipinski definition) is 0. The Labute approximate surface area is 172 Å². The van der Waals surface area contributed by atoms with Crippen LogP contribution in [0.25, 0.3) is 10.8 Å². The molecule has 1 heterocycles. The van der Waals surface area contributed by atoms with Crippen molar-refractivity contribution >= 4 is 28.4 Å². The molecule has 1 fully saturated rings.